The van der Waals surface area contributed by atoms with Gasteiger partial charge in [0.15, 0.2) is 0 Å². The summed E-state index contributed by atoms with van der Waals surface area (Å²) in [6, 6.07) is 9.98. The minimum Gasteiger partial charge on any atom is -0.438 e. The van der Waals surface area contributed by atoms with Crippen molar-refractivity contribution in [2.75, 3.05) is 13.7 Å². The van der Waals surface area contributed by atoms with Crippen molar-refractivity contribution in [1.82, 2.24) is 0 Å². The Kier molecular flexibility index (Phi) is 7.35. The first-order valence-corrected chi connectivity index (χ1v) is 6.25. The molecule has 0 fully saturated rings. The van der Waals surface area contributed by atoms with E-state index in [0.717, 1.165) is 12.0 Å². The molecule has 0 N–H and O–H groups in total. The van der Waals surface area contributed by atoms with Gasteiger partial charge in [0, 0.05) is 6.61 Å². The molecule has 104 valence electrons. The predicted octanol–water partition coefficient (Wildman–Crippen LogP) is 3.32. The highest BCUT2D eigenvalue weighted by molar-refractivity contribution is 5.60. The minimum atomic E-state index is -0.685. The first-order chi connectivity index (χ1) is 9.26. The summed E-state index contributed by atoms with van der Waals surface area (Å²) in [6.07, 6.45) is 2.05. The maximum absolute atomic E-state index is 10.9. The zero-order valence-electron chi connectivity index (χ0n) is 11.2. The van der Waals surface area contributed by atoms with E-state index in [1.165, 1.54) is 7.11 Å². The van der Waals surface area contributed by atoms with Crippen LogP contribution in [-0.2, 0) is 20.8 Å². The third kappa shape index (κ3) is 6.62. The van der Waals surface area contributed by atoms with Crippen LogP contribution in [0, 0.1) is 0 Å². The van der Waals surface area contributed by atoms with Crippen molar-refractivity contribution < 1.29 is 19.0 Å². The number of hydrogen-bond donors (Lipinski definition) is 0. The lowest BCUT2D eigenvalue weighted by Gasteiger charge is -2.12. The highest BCUT2D eigenvalue weighted by Crippen LogP contribution is 2.06. The van der Waals surface area contributed by atoms with Crippen molar-refractivity contribution in [2.45, 2.75) is 25.6 Å². The van der Waals surface area contributed by atoms with Gasteiger partial charge in [0.05, 0.1) is 13.7 Å². The van der Waals surface area contributed by atoms with E-state index in [0.29, 0.717) is 19.6 Å². The third-order valence-electron chi connectivity index (χ3n) is 2.57. The fourth-order valence-corrected chi connectivity index (χ4v) is 1.55. The molecule has 0 aliphatic heterocycles. The number of methoxy groups -OCH3 is 1. The highest BCUT2D eigenvalue weighted by atomic mass is 16.7. The fraction of sp³-hybridized carbons (Fsp3) is 0.400. The third-order valence-corrected chi connectivity index (χ3v) is 2.57. The van der Waals surface area contributed by atoms with Gasteiger partial charge >= 0.3 is 6.16 Å². The molecule has 0 amide bonds. The van der Waals surface area contributed by atoms with E-state index >= 15 is 0 Å². The second-order valence-corrected chi connectivity index (χ2v) is 4.03. The van der Waals surface area contributed by atoms with Gasteiger partial charge in [-0.05, 0) is 18.4 Å². The first kappa shape index (κ1) is 15.2. The van der Waals surface area contributed by atoms with Crippen LogP contribution in [0.5, 0.6) is 0 Å². The van der Waals surface area contributed by atoms with Crippen LogP contribution in [0.3, 0.4) is 0 Å². The van der Waals surface area contributed by atoms with E-state index in [9.17, 15) is 4.79 Å². The lowest BCUT2D eigenvalue weighted by atomic mass is 10.2. The van der Waals surface area contributed by atoms with Gasteiger partial charge in [-0.3, -0.25) is 0 Å². The molecule has 1 aromatic rings. The Morgan fingerprint density at radius 1 is 1.37 bits per heavy atom. The zero-order valence-corrected chi connectivity index (χ0v) is 11.2. The average Bonchev–Trinajstić information content (AvgIpc) is 2.46. The molecule has 0 radical (unpaired) electrons. The summed E-state index contributed by atoms with van der Waals surface area (Å²) < 4.78 is 14.9. The Balaban J connectivity index is 2.12. The summed E-state index contributed by atoms with van der Waals surface area (Å²) >= 11 is 0. The van der Waals surface area contributed by atoms with E-state index < -0.39 is 6.16 Å². The van der Waals surface area contributed by atoms with Crippen LogP contribution in [0.15, 0.2) is 43.0 Å². The van der Waals surface area contributed by atoms with Crippen LogP contribution in [0.2, 0.25) is 0 Å². The summed E-state index contributed by atoms with van der Waals surface area (Å²) in [5, 5.41) is 0. The van der Waals surface area contributed by atoms with Gasteiger partial charge < -0.3 is 14.2 Å². The smallest absolute Gasteiger partial charge is 0.438 e. The van der Waals surface area contributed by atoms with Gasteiger partial charge in [0.1, 0.15) is 6.10 Å². The molecule has 0 bridgehead atoms. The minimum absolute atomic E-state index is 0.326. The fourth-order valence-electron chi connectivity index (χ4n) is 1.55. The summed E-state index contributed by atoms with van der Waals surface area (Å²) in [5.41, 5.74) is 1.15. The van der Waals surface area contributed by atoms with Gasteiger partial charge in [-0.1, -0.05) is 43.0 Å². The Bertz CT molecular complexity index is 375. The largest absolute Gasteiger partial charge is 0.508 e. The molecule has 1 unspecified atom stereocenters. The van der Waals surface area contributed by atoms with E-state index in [4.69, 9.17) is 9.47 Å². The molecule has 0 saturated heterocycles. The number of carbonyl (C=O) groups is 1. The number of rotatable bonds is 8. The lowest BCUT2D eigenvalue weighted by molar-refractivity contribution is 0.0441. The molecule has 0 aliphatic carbocycles. The maximum atomic E-state index is 10.9. The Morgan fingerprint density at radius 2 is 2.11 bits per heavy atom. The maximum Gasteiger partial charge on any atom is 0.508 e. The molecule has 0 aliphatic rings. The van der Waals surface area contributed by atoms with Gasteiger partial charge in [-0.2, -0.15) is 0 Å². The van der Waals surface area contributed by atoms with Crippen molar-refractivity contribution in [2.24, 2.45) is 0 Å². The van der Waals surface area contributed by atoms with E-state index in [1.54, 1.807) is 6.08 Å². The normalized spacial score (nSPS) is 11.6. The van der Waals surface area contributed by atoms with Crippen LogP contribution in [0.1, 0.15) is 18.4 Å². The van der Waals surface area contributed by atoms with Crippen LogP contribution >= 0.6 is 0 Å². The van der Waals surface area contributed by atoms with Gasteiger partial charge in [0.2, 0.25) is 0 Å². The molecule has 4 nitrogen and oxygen atoms in total. The van der Waals surface area contributed by atoms with Crippen LogP contribution in [-0.4, -0.2) is 26.0 Å². The summed E-state index contributed by atoms with van der Waals surface area (Å²) in [6.45, 7) is 4.83. The quantitative estimate of drug-likeness (QED) is 0.410. The monoisotopic (exact) mass is 264 g/mol. The molecular formula is C15H20O4. The van der Waals surface area contributed by atoms with E-state index in [1.807, 2.05) is 30.3 Å². The number of carbonyl (C=O) groups excluding carboxylic acids is 1. The first-order valence-electron chi connectivity index (χ1n) is 6.25. The summed E-state index contributed by atoms with van der Waals surface area (Å²) in [7, 11) is 1.28. The van der Waals surface area contributed by atoms with Crippen molar-refractivity contribution in [3.05, 3.63) is 48.6 Å². The second-order valence-electron chi connectivity index (χ2n) is 4.03. The van der Waals surface area contributed by atoms with E-state index in [2.05, 4.69) is 11.3 Å². The second kappa shape index (κ2) is 9.16. The Morgan fingerprint density at radius 3 is 2.74 bits per heavy atom. The highest BCUT2D eigenvalue weighted by Gasteiger charge is 2.10. The summed E-state index contributed by atoms with van der Waals surface area (Å²) in [4.78, 5) is 10.9. The van der Waals surface area contributed by atoms with Crippen molar-refractivity contribution in [1.29, 1.82) is 0 Å². The number of benzene rings is 1. The molecule has 19 heavy (non-hydrogen) atoms. The molecule has 0 heterocycles. The molecule has 0 spiro atoms. The standard InChI is InChI=1S/C15H20O4/c1-3-14(19-15(16)17-2)10-7-11-18-12-13-8-5-4-6-9-13/h3-6,8-9,14H,1,7,10-12H2,2H3. The molecule has 0 saturated carbocycles. The Hall–Kier alpha value is -1.81. The molecule has 4 heteroatoms. The number of hydrogen-bond acceptors (Lipinski definition) is 4. The van der Waals surface area contributed by atoms with Gasteiger partial charge in [0.25, 0.3) is 0 Å². The van der Waals surface area contributed by atoms with Crippen molar-refractivity contribution in [3.63, 3.8) is 0 Å². The van der Waals surface area contributed by atoms with Crippen molar-refractivity contribution in [3.8, 4) is 0 Å². The lowest BCUT2D eigenvalue weighted by Crippen LogP contribution is -2.16. The van der Waals surface area contributed by atoms with Crippen LogP contribution in [0.4, 0.5) is 4.79 Å². The molecule has 1 rings (SSSR count). The van der Waals surface area contributed by atoms with Gasteiger partial charge in [-0.15, -0.1) is 0 Å². The summed E-state index contributed by atoms with van der Waals surface area (Å²) in [5.74, 6) is 0. The average molecular weight is 264 g/mol. The topological polar surface area (TPSA) is 44.8 Å². The molecule has 1 aromatic carbocycles. The van der Waals surface area contributed by atoms with Crippen LogP contribution < -0.4 is 0 Å². The predicted molar refractivity (Wildman–Crippen MR) is 72.8 cm³/mol. The zero-order chi connectivity index (χ0) is 13.9. The van der Waals surface area contributed by atoms with Gasteiger partial charge in [-0.25, -0.2) is 4.79 Å². The molecule has 1 atom stereocenters. The van der Waals surface area contributed by atoms with Crippen LogP contribution in [0.25, 0.3) is 0 Å². The molecular weight excluding hydrogens is 244 g/mol. The molecule has 0 aromatic heterocycles. The Labute approximate surface area is 114 Å². The van der Waals surface area contributed by atoms with Crippen molar-refractivity contribution >= 4 is 6.16 Å². The SMILES string of the molecule is C=CC(CCCOCc1ccccc1)OC(=O)OC. The number of ether oxygens (including phenoxy) is 3. The van der Waals surface area contributed by atoms with E-state index in [-0.39, 0.29) is 6.10 Å².